The molecule has 0 saturated heterocycles. The maximum Gasteiger partial charge on any atom is 0.221 e. The summed E-state index contributed by atoms with van der Waals surface area (Å²) >= 11 is 0. The maximum atomic E-state index is 13.4. The van der Waals surface area contributed by atoms with Gasteiger partial charge in [-0.2, -0.15) is 0 Å². The third kappa shape index (κ3) is 3.94. The predicted molar refractivity (Wildman–Crippen MR) is 81.0 cm³/mol. The molecule has 0 heterocycles. The van der Waals surface area contributed by atoms with Crippen molar-refractivity contribution in [3.63, 3.8) is 0 Å². The Labute approximate surface area is 127 Å². The highest BCUT2D eigenvalue weighted by atomic mass is 19.2. The van der Waals surface area contributed by atoms with Crippen molar-refractivity contribution in [1.29, 1.82) is 0 Å². The number of carbonyl (C=O) groups is 1. The van der Waals surface area contributed by atoms with E-state index in [4.69, 9.17) is 4.74 Å². The van der Waals surface area contributed by atoms with Gasteiger partial charge in [-0.3, -0.25) is 4.79 Å². The molecule has 2 aromatic carbocycles. The number of benzene rings is 2. The van der Waals surface area contributed by atoms with Crippen molar-refractivity contribution in [3.8, 4) is 5.75 Å². The van der Waals surface area contributed by atoms with E-state index in [1.54, 1.807) is 7.11 Å². The van der Waals surface area contributed by atoms with Crippen molar-refractivity contribution in [2.24, 2.45) is 0 Å². The lowest BCUT2D eigenvalue weighted by atomic mass is 10.2. The zero-order valence-corrected chi connectivity index (χ0v) is 12.2. The van der Waals surface area contributed by atoms with Gasteiger partial charge in [-0.1, -0.05) is 12.1 Å². The van der Waals surface area contributed by atoms with Gasteiger partial charge in [0.2, 0.25) is 5.91 Å². The second kappa shape index (κ2) is 6.89. The summed E-state index contributed by atoms with van der Waals surface area (Å²) in [4.78, 5) is 11.1. The molecule has 0 aliphatic carbocycles. The summed E-state index contributed by atoms with van der Waals surface area (Å²) < 4.78 is 31.8. The standard InChI is InChI=1S/C16H16F2N2O2/c1-10(21)20-16-8-14(18)13(17)7-15(16)19-9-11-4-3-5-12(6-11)22-2/h3-8,19H,9H2,1-2H3,(H,20,21). The Bertz CT molecular complexity index is 690. The predicted octanol–water partition coefficient (Wildman–Crippen LogP) is 3.54. The van der Waals surface area contributed by atoms with Crippen molar-refractivity contribution in [2.45, 2.75) is 13.5 Å². The van der Waals surface area contributed by atoms with E-state index < -0.39 is 11.6 Å². The van der Waals surface area contributed by atoms with Gasteiger partial charge in [0.05, 0.1) is 18.5 Å². The average Bonchev–Trinajstić information content (AvgIpc) is 2.49. The summed E-state index contributed by atoms with van der Waals surface area (Å²) in [5.74, 6) is -1.67. The lowest BCUT2D eigenvalue weighted by molar-refractivity contribution is -0.114. The van der Waals surface area contributed by atoms with Gasteiger partial charge >= 0.3 is 0 Å². The van der Waals surface area contributed by atoms with E-state index in [1.807, 2.05) is 24.3 Å². The fraction of sp³-hybridized carbons (Fsp3) is 0.188. The van der Waals surface area contributed by atoms with Gasteiger partial charge in [-0.15, -0.1) is 0 Å². The molecule has 6 heteroatoms. The van der Waals surface area contributed by atoms with Crippen LogP contribution in [-0.2, 0) is 11.3 Å². The SMILES string of the molecule is COc1cccc(CNc2cc(F)c(F)cc2NC(C)=O)c1. The van der Waals surface area contributed by atoms with Crippen LogP contribution < -0.4 is 15.4 Å². The Morgan fingerprint density at radius 2 is 1.82 bits per heavy atom. The topological polar surface area (TPSA) is 50.4 Å². The second-order valence-electron chi connectivity index (χ2n) is 4.70. The van der Waals surface area contributed by atoms with E-state index >= 15 is 0 Å². The first-order valence-electron chi connectivity index (χ1n) is 6.63. The normalized spacial score (nSPS) is 10.2. The molecule has 0 aliphatic rings. The van der Waals surface area contributed by atoms with Crippen LogP contribution in [0.5, 0.6) is 5.75 Å². The Morgan fingerprint density at radius 3 is 2.45 bits per heavy atom. The number of hydrogen-bond acceptors (Lipinski definition) is 3. The summed E-state index contributed by atoms with van der Waals surface area (Å²) in [6.45, 7) is 1.67. The van der Waals surface area contributed by atoms with E-state index in [2.05, 4.69) is 10.6 Å². The van der Waals surface area contributed by atoms with Crippen LogP contribution in [0.2, 0.25) is 0 Å². The van der Waals surface area contributed by atoms with E-state index in [0.717, 1.165) is 17.7 Å². The number of nitrogens with one attached hydrogen (secondary N) is 2. The average molecular weight is 306 g/mol. The highest BCUT2D eigenvalue weighted by Crippen LogP contribution is 2.26. The van der Waals surface area contributed by atoms with E-state index in [-0.39, 0.29) is 11.6 Å². The molecule has 1 amide bonds. The molecule has 2 rings (SSSR count). The molecule has 4 nitrogen and oxygen atoms in total. The van der Waals surface area contributed by atoms with Crippen LogP contribution in [0.3, 0.4) is 0 Å². The zero-order chi connectivity index (χ0) is 16.1. The molecule has 0 unspecified atom stereocenters. The van der Waals surface area contributed by atoms with Gasteiger partial charge < -0.3 is 15.4 Å². The van der Waals surface area contributed by atoms with E-state index in [1.165, 1.54) is 6.92 Å². The van der Waals surface area contributed by atoms with Crippen molar-refractivity contribution in [1.82, 2.24) is 0 Å². The maximum absolute atomic E-state index is 13.4. The summed E-state index contributed by atoms with van der Waals surface area (Å²) in [5.41, 5.74) is 1.39. The van der Waals surface area contributed by atoms with Gasteiger partial charge in [0, 0.05) is 25.6 Å². The first-order chi connectivity index (χ1) is 10.5. The van der Waals surface area contributed by atoms with Crippen LogP contribution in [0.4, 0.5) is 20.2 Å². The van der Waals surface area contributed by atoms with Gasteiger partial charge in [0.25, 0.3) is 0 Å². The number of anilines is 2. The number of amides is 1. The molecule has 0 atom stereocenters. The summed E-state index contributed by atoms with van der Waals surface area (Å²) in [6.07, 6.45) is 0. The van der Waals surface area contributed by atoms with Crippen LogP contribution in [-0.4, -0.2) is 13.0 Å². The fourth-order valence-electron chi connectivity index (χ4n) is 1.97. The van der Waals surface area contributed by atoms with Crippen LogP contribution >= 0.6 is 0 Å². The lowest BCUT2D eigenvalue weighted by Gasteiger charge is -2.13. The van der Waals surface area contributed by atoms with Gasteiger partial charge in [-0.05, 0) is 17.7 Å². The summed E-state index contributed by atoms with van der Waals surface area (Å²) in [6, 6.07) is 9.30. The summed E-state index contributed by atoms with van der Waals surface area (Å²) in [7, 11) is 1.57. The van der Waals surface area contributed by atoms with Crippen molar-refractivity contribution < 1.29 is 18.3 Å². The van der Waals surface area contributed by atoms with Gasteiger partial charge in [0.1, 0.15) is 5.75 Å². The molecular formula is C16H16F2N2O2. The third-order valence-electron chi connectivity index (χ3n) is 2.99. The van der Waals surface area contributed by atoms with Gasteiger partial charge in [-0.25, -0.2) is 8.78 Å². The summed E-state index contributed by atoms with van der Waals surface area (Å²) in [5, 5.41) is 5.44. The third-order valence-corrected chi connectivity index (χ3v) is 2.99. The molecule has 0 aliphatic heterocycles. The molecule has 0 spiro atoms. The molecule has 2 N–H and O–H groups in total. The number of hydrogen-bond donors (Lipinski definition) is 2. The molecule has 116 valence electrons. The van der Waals surface area contributed by atoms with Gasteiger partial charge in [0.15, 0.2) is 11.6 Å². The first-order valence-corrected chi connectivity index (χ1v) is 6.63. The zero-order valence-electron chi connectivity index (χ0n) is 12.2. The first kappa shape index (κ1) is 15.8. The monoisotopic (exact) mass is 306 g/mol. The van der Waals surface area contributed by atoms with E-state index in [9.17, 15) is 13.6 Å². The smallest absolute Gasteiger partial charge is 0.221 e. The van der Waals surface area contributed by atoms with Crippen LogP contribution in [0.25, 0.3) is 0 Å². The van der Waals surface area contributed by atoms with Crippen LogP contribution in [0, 0.1) is 11.6 Å². The second-order valence-corrected chi connectivity index (χ2v) is 4.70. The van der Waals surface area contributed by atoms with E-state index in [0.29, 0.717) is 18.0 Å². The van der Waals surface area contributed by atoms with Crippen molar-refractivity contribution >= 4 is 17.3 Å². The van der Waals surface area contributed by atoms with Crippen molar-refractivity contribution in [2.75, 3.05) is 17.7 Å². The minimum Gasteiger partial charge on any atom is -0.497 e. The number of ether oxygens (including phenoxy) is 1. The van der Waals surface area contributed by atoms with Crippen LogP contribution in [0.15, 0.2) is 36.4 Å². The molecular weight excluding hydrogens is 290 g/mol. The molecule has 0 aromatic heterocycles. The van der Waals surface area contributed by atoms with Crippen LogP contribution in [0.1, 0.15) is 12.5 Å². The Hall–Kier alpha value is -2.63. The molecule has 0 radical (unpaired) electrons. The molecule has 2 aromatic rings. The molecule has 0 fully saturated rings. The lowest BCUT2D eigenvalue weighted by Crippen LogP contribution is -2.10. The highest BCUT2D eigenvalue weighted by Gasteiger charge is 2.11. The number of halogens is 2. The minimum atomic E-state index is -1.02. The largest absolute Gasteiger partial charge is 0.497 e. The quantitative estimate of drug-likeness (QED) is 0.888. The molecule has 22 heavy (non-hydrogen) atoms. The minimum absolute atomic E-state index is 0.189. The fourth-order valence-corrected chi connectivity index (χ4v) is 1.97. The Balaban J connectivity index is 2.20. The highest BCUT2D eigenvalue weighted by molar-refractivity contribution is 5.92. The number of carbonyl (C=O) groups excluding carboxylic acids is 1. The van der Waals surface area contributed by atoms with Crippen molar-refractivity contribution in [3.05, 3.63) is 53.6 Å². The number of methoxy groups -OCH3 is 1. The Morgan fingerprint density at radius 1 is 1.14 bits per heavy atom. The Kier molecular flexibility index (Phi) is 4.93. The molecule has 0 saturated carbocycles. The number of rotatable bonds is 5. The molecule has 0 bridgehead atoms.